The lowest BCUT2D eigenvalue weighted by Gasteiger charge is -2.32. The largest absolute Gasteiger partial charge is 0.393 e. The highest BCUT2D eigenvalue weighted by Gasteiger charge is 2.28. The van der Waals surface area contributed by atoms with Crippen LogP contribution < -0.4 is 15.5 Å². The lowest BCUT2D eigenvalue weighted by atomic mass is 9.89. The van der Waals surface area contributed by atoms with Gasteiger partial charge in [0.2, 0.25) is 0 Å². The van der Waals surface area contributed by atoms with E-state index in [4.69, 9.17) is 0 Å². The van der Waals surface area contributed by atoms with Gasteiger partial charge in [-0.2, -0.15) is 0 Å². The zero-order valence-electron chi connectivity index (χ0n) is 11.8. The van der Waals surface area contributed by atoms with Crippen LogP contribution in [0.25, 0.3) is 0 Å². The fourth-order valence-corrected chi connectivity index (χ4v) is 2.78. The molecular formula is C15H20FN3O2. The van der Waals surface area contributed by atoms with E-state index >= 15 is 0 Å². The molecular weight excluding hydrogens is 273 g/mol. The van der Waals surface area contributed by atoms with Gasteiger partial charge < -0.3 is 20.6 Å². The van der Waals surface area contributed by atoms with E-state index in [9.17, 15) is 14.3 Å². The van der Waals surface area contributed by atoms with Crippen molar-refractivity contribution in [3.8, 4) is 0 Å². The number of benzene rings is 1. The van der Waals surface area contributed by atoms with Gasteiger partial charge in [0.25, 0.3) is 5.91 Å². The number of aliphatic hydroxyl groups is 1. The van der Waals surface area contributed by atoms with Crippen LogP contribution in [-0.4, -0.2) is 49.3 Å². The van der Waals surface area contributed by atoms with Crippen molar-refractivity contribution < 1.29 is 14.3 Å². The molecule has 0 aromatic heterocycles. The van der Waals surface area contributed by atoms with Gasteiger partial charge in [0, 0.05) is 37.8 Å². The summed E-state index contributed by atoms with van der Waals surface area (Å²) in [5, 5.41) is 15.2. The van der Waals surface area contributed by atoms with Crippen molar-refractivity contribution in [1.29, 1.82) is 0 Å². The van der Waals surface area contributed by atoms with Crippen LogP contribution in [0, 0.1) is 5.82 Å². The van der Waals surface area contributed by atoms with Gasteiger partial charge in [0.1, 0.15) is 5.82 Å². The maximum atomic E-state index is 14.2. The molecule has 1 aliphatic carbocycles. The van der Waals surface area contributed by atoms with Crippen molar-refractivity contribution >= 4 is 11.6 Å². The second-order valence-electron chi connectivity index (χ2n) is 5.70. The molecule has 3 rings (SSSR count). The fourth-order valence-electron chi connectivity index (χ4n) is 2.78. The highest BCUT2D eigenvalue weighted by atomic mass is 19.1. The molecule has 5 nitrogen and oxygen atoms in total. The van der Waals surface area contributed by atoms with Gasteiger partial charge in [-0.25, -0.2) is 4.39 Å². The quantitative estimate of drug-likeness (QED) is 0.759. The number of amides is 1. The van der Waals surface area contributed by atoms with Gasteiger partial charge in [-0.1, -0.05) is 0 Å². The summed E-state index contributed by atoms with van der Waals surface area (Å²) in [5.74, 6) is -0.643. The fraction of sp³-hybridized carbons (Fsp3) is 0.533. The van der Waals surface area contributed by atoms with Gasteiger partial charge in [-0.05, 0) is 31.0 Å². The third-order valence-electron chi connectivity index (χ3n) is 4.12. The minimum absolute atomic E-state index is 0.00315. The number of carbonyl (C=O) groups excluding carboxylic acids is 1. The van der Waals surface area contributed by atoms with Gasteiger partial charge in [-0.15, -0.1) is 0 Å². The van der Waals surface area contributed by atoms with Crippen LogP contribution in [0.15, 0.2) is 18.2 Å². The third kappa shape index (κ3) is 3.16. The van der Waals surface area contributed by atoms with E-state index in [2.05, 4.69) is 10.6 Å². The Labute approximate surface area is 123 Å². The highest BCUT2D eigenvalue weighted by molar-refractivity contribution is 5.94. The summed E-state index contributed by atoms with van der Waals surface area (Å²) in [4.78, 5) is 14.0. The summed E-state index contributed by atoms with van der Waals surface area (Å²) in [5.41, 5.74) is 0.875. The molecule has 1 saturated heterocycles. The van der Waals surface area contributed by atoms with Crippen molar-refractivity contribution in [1.82, 2.24) is 10.6 Å². The predicted octanol–water partition coefficient (Wildman–Crippen LogP) is 0.488. The number of hydrogen-bond donors (Lipinski definition) is 3. The number of anilines is 1. The van der Waals surface area contributed by atoms with E-state index < -0.39 is 0 Å². The topological polar surface area (TPSA) is 64.6 Å². The molecule has 0 spiro atoms. The van der Waals surface area contributed by atoms with Crippen LogP contribution in [0.1, 0.15) is 23.2 Å². The third-order valence-corrected chi connectivity index (χ3v) is 4.12. The van der Waals surface area contributed by atoms with Crippen LogP contribution in [0.3, 0.4) is 0 Å². The van der Waals surface area contributed by atoms with E-state index in [1.807, 2.05) is 4.90 Å². The first-order chi connectivity index (χ1) is 10.1. The van der Waals surface area contributed by atoms with Crippen LogP contribution in [-0.2, 0) is 0 Å². The van der Waals surface area contributed by atoms with E-state index in [-0.39, 0.29) is 23.9 Å². The molecule has 1 amide bonds. The minimum atomic E-state index is -0.363. The Kier molecular flexibility index (Phi) is 4.07. The monoisotopic (exact) mass is 293 g/mol. The second kappa shape index (κ2) is 5.99. The first-order valence-electron chi connectivity index (χ1n) is 7.37. The predicted molar refractivity (Wildman–Crippen MR) is 78.0 cm³/mol. The molecule has 2 aliphatic rings. The van der Waals surface area contributed by atoms with Gasteiger partial charge in [0.05, 0.1) is 11.8 Å². The summed E-state index contributed by atoms with van der Waals surface area (Å²) < 4.78 is 14.2. The molecule has 0 unspecified atom stereocenters. The van der Waals surface area contributed by atoms with Gasteiger partial charge in [0.15, 0.2) is 0 Å². The van der Waals surface area contributed by atoms with Gasteiger partial charge >= 0.3 is 0 Å². The average molecular weight is 293 g/mol. The molecule has 0 atom stereocenters. The van der Waals surface area contributed by atoms with Crippen molar-refractivity contribution in [2.45, 2.75) is 25.0 Å². The van der Waals surface area contributed by atoms with E-state index in [1.54, 1.807) is 12.1 Å². The molecule has 1 aromatic carbocycles. The Morgan fingerprint density at radius 1 is 1.33 bits per heavy atom. The number of carbonyl (C=O) groups is 1. The molecule has 0 bridgehead atoms. The number of hydrogen-bond acceptors (Lipinski definition) is 4. The van der Waals surface area contributed by atoms with Crippen LogP contribution in [0.2, 0.25) is 0 Å². The standard InChI is InChI=1S/C15H20FN3O2/c16-13-7-10(15(21)18-11-8-12(20)9-11)1-2-14(13)19-5-3-17-4-6-19/h1-2,7,11-12,17,20H,3-6,8-9H2,(H,18,21)/t11-,12-. The number of nitrogens with zero attached hydrogens (tertiary/aromatic N) is 1. The normalized spacial score (nSPS) is 25.3. The van der Waals surface area contributed by atoms with Crippen molar-refractivity contribution in [2.75, 3.05) is 31.1 Å². The average Bonchev–Trinajstić information content (AvgIpc) is 2.46. The van der Waals surface area contributed by atoms with Crippen molar-refractivity contribution in [2.24, 2.45) is 0 Å². The van der Waals surface area contributed by atoms with E-state index in [1.165, 1.54) is 6.07 Å². The summed E-state index contributed by atoms with van der Waals surface area (Å²) in [6, 6.07) is 4.63. The molecule has 21 heavy (non-hydrogen) atoms. The lowest BCUT2D eigenvalue weighted by molar-refractivity contribution is 0.0562. The molecule has 114 valence electrons. The zero-order valence-corrected chi connectivity index (χ0v) is 11.8. The smallest absolute Gasteiger partial charge is 0.251 e. The Morgan fingerprint density at radius 3 is 2.67 bits per heavy atom. The molecule has 1 aliphatic heterocycles. The highest BCUT2D eigenvalue weighted by Crippen LogP contribution is 2.23. The molecule has 3 N–H and O–H groups in total. The number of rotatable bonds is 3. The van der Waals surface area contributed by atoms with E-state index in [0.29, 0.717) is 24.1 Å². The van der Waals surface area contributed by atoms with Crippen molar-refractivity contribution in [3.05, 3.63) is 29.6 Å². The number of aliphatic hydroxyl groups excluding tert-OH is 1. The van der Waals surface area contributed by atoms with Gasteiger partial charge in [-0.3, -0.25) is 4.79 Å². The minimum Gasteiger partial charge on any atom is -0.393 e. The first kappa shape index (κ1) is 14.3. The summed E-state index contributed by atoms with van der Waals surface area (Å²) >= 11 is 0. The number of halogens is 1. The Balaban J connectivity index is 1.66. The summed E-state index contributed by atoms with van der Waals surface area (Å²) in [6.45, 7) is 3.21. The summed E-state index contributed by atoms with van der Waals surface area (Å²) in [7, 11) is 0. The molecule has 0 radical (unpaired) electrons. The Bertz CT molecular complexity index is 526. The van der Waals surface area contributed by atoms with Crippen molar-refractivity contribution in [3.63, 3.8) is 0 Å². The summed E-state index contributed by atoms with van der Waals surface area (Å²) in [6.07, 6.45) is 0.835. The first-order valence-corrected chi connectivity index (χ1v) is 7.37. The molecule has 1 heterocycles. The van der Waals surface area contributed by atoms with Crippen LogP contribution >= 0.6 is 0 Å². The Morgan fingerprint density at radius 2 is 2.05 bits per heavy atom. The van der Waals surface area contributed by atoms with E-state index in [0.717, 1.165) is 26.2 Å². The Hall–Kier alpha value is -1.66. The number of nitrogens with one attached hydrogen (secondary N) is 2. The maximum absolute atomic E-state index is 14.2. The van der Waals surface area contributed by atoms with Crippen LogP contribution in [0.4, 0.5) is 10.1 Å². The second-order valence-corrected chi connectivity index (χ2v) is 5.70. The molecule has 6 heteroatoms. The lowest BCUT2D eigenvalue weighted by Crippen LogP contribution is -2.46. The SMILES string of the molecule is O=C(N[C@H]1C[C@H](O)C1)c1ccc(N2CCNCC2)c(F)c1. The zero-order chi connectivity index (χ0) is 14.8. The molecule has 1 aromatic rings. The van der Waals surface area contributed by atoms with Crippen LogP contribution in [0.5, 0.6) is 0 Å². The molecule has 2 fully saturated rings. The molecule has 1 saturated carbocycles. The number of piperazine rings is 1. The maximum Gasteiger partial charge on any atom is 0.251 e.